The van der Waals surface area contributed by atoms with Gasteiger partial charge in [0.2, 0.25) is 0 Å². The molecule has 2 rings (SSSR count). The lowest BCUT2D eigenvalue weighted by Crippen LogP contribution is -2.30. The van der Waals surface area contributed by atoms with Crippen molar-refractivity contribution in [3.05, 3.63) is 64.2 Å². The minimum absolute atomic E-state index is 0.0292. The van der Waals surface area contributed by atoms with Crippen LogP contribution in [0.25, 0.3) is 6.08 Å². The van der Waals surface area contributed by atoms with Gasteiger partial charge in [-0.25, -0.2) is 0 Å². The van der Waals surface area contributed by atoms with E-state index in [0.29, 0.717) is 22.8 Å². The number of hydrogen-bond acceptors (Lipinski definition) is 5. The van der Waals surface area contributed by atoms with Crippen LogP contribution in [0, 0.1) is 11.3 Å². The van der Waals surface area contributed by atoms with Crippen molar-refractivity contribution in [2.75, 3.05) is 7.11 Å². The van der Waals surface area contributed by atoms with Gasteiger partial charge in [0.05, 0.1) is 7.11 Å². The van der Waals surface area contributed by atoms with E-state index in [1.54, 1.807) is 30.3 Å². The van der Waals surface area contributed by atoms with E-state index in [9.17, 15) is 14.9 Å². The Labute approximate surface area is 181 Å². The number of rotatable bonds is 8. The first kappa shape index (κ1) is 23.0. The molecule has 0 bridgehead atoms. The van der Waals surface area contributed by atoms with Crippen LogP contribution in [0.4, 0.5) is 0 Å². The lowest BCUT2D eigenvalue weighted by molar-refractivity contribution is -0.134. The number of carbonyl (C=O) groups is 2. The highest BCUT2D eigenvalue weighted by Crippen LogP contribution is 2.29. The summed E-state index contributed by atoms with van der Waals surface area (Å²) in [6, 6.07) is 13.9. The third kappa shape index (κ3) is 6.94. The number of ether oxygens (including phenoxy) is 2. The van der Waals surface area contributed by atoms with Gasteiger partial charge in [0.1, 0.15) is 11.6 Å². The maximum atomic E-state index is 12.2. The van der Waals surface area contributed by atoms with Crippen molar-refractivity contribution >= 4 is 29.6 Å². The number of nitrogens with zero attached hydrogens (tertiary/aromatic N) is 1. The first-order valence-electron chi connectivity index (χ1n) is 9.38. The van der Waals surface area contributed by atoms with Gasteiger partial charge in [0.25, 0.3) is 5.91 Å². The predicted molar refractivity (Wildman–Crippen MR) is 115 cm³/mol. The molecule has 0 atom stereocenters. The number of aryl methyl sites for hydroxylation is 1. The maximum absolute atomic E-state index is 12.2. The Morgan fingerprint density at radius 1 is 1.17 bits per heavy atom. The van der Waals surface area contributed by atoms with Gasteiger partial charge in [-0.05, 0) is 61.7 Å². The van der Waals surface area contributed by atoms with E-state index in [2.05, 4.69) is 5.32 Å². The number of methoxy groups -OCH3 is 1. The molecule has 156 valence electrons. The summed E-state index contributed by atoms with van der Waals surface area (Å²) in [6.45, 7) is 3.62. The number of halogens is 1. The van der Waals surface area contributed by atoms with E-state index < -0.39 is 11.9 Å². The van der Waals surface area contributed by atoms with E-state index in [0.717, 1.165) is 5.56 Å². The van der Waals surface area contributed by atoms with Crippen LogP contribution in [0.2, 0.25) is 5.02 Å². The Balaban J connectivity index is 2.08. The number of hydrogen-bond donors (Lipinski definition) is 1. The highest BCUT2D eigenvalue weighted by molar-refractivity contribution is 6.30. The van der Waals surface area contributed by atoms with Gasteiger partial charge in [-0.15, -0.1) is 0 Å². The molecule has 0 aliphatic rings. The molecule has 6 nitrogen and oxygen atoms in total. The Bertz CT molecular complexity index is 976. The van der Waals surface area contributed by atoms with Crippen LogP contribution >= 0.6 is 11.6 Å². The van der Waals surface area contributed by atoms with E-state index >= 15 is 0 Å². The first-order valence-corrected chi connectivity index (χ1v) is 9.76. The van der Waals surface area contributed by atoms with Gasteiger partial charge < -0.3 is 14.8 Å². The van der Waals surface area contributed by atoms with Crippen LogP contribution in [0.5, 0.6) is 11.5 Å². The second-order valence-corrected chi connectivity index (χ2v) is 7.25. The molecule has 0 saturated heterocycles. The molecule has 1 N–H and O–H groups in total. The minimum Gasteiger partial charge on any atom is -0.493 e. The van der Waals surface area contributed by atoms with Crippen molar-refractivity contribution in [2.24, 2.45) is 0 Å². The molecule has 2 aromatic carbocycles. The van der Waals surface area contributed by atoms with Crippen LogP contribution < -0.4 is 14.8 Å². The van der Waals surface area contributed by atoms with Crippen molar-refractivity contribution in [3.8, 4) is 17.6 Å². The highest BCUT2D eigenvalue weighted by Gasteiger charge is 2.13. The van der Waals surface area contributed by atoms with Crippen molar-refractivity contribution in [1.29, 1.82) is 5.26 Å². The average Bonchev–Trinajstić information content (AvgIpc) is 2.71. The molecule has 30 heavy (non-hydrogen) atoms. The third-order valence-corrected chi connectivity index (χ3v) is 4.29. The minimum atomic E-state index is -0.454. The summed E-state index contributed by atoms with van der Waals surface area (Å²) in [7, 11) is 1.45. The van der Waals surface area contributed by atoms with Gasteiger partial charge in [-0.3, -0.25) is 9.59 Å². The van der Waals surface area contributed by atoms with Crippen molar-refractivity contribution < 1.29 is 19.1 Å². The molecular weight excluding hydrogens is 404 g/mol. The molecule has 0 radical (unpaired) electrons. The van der Waals surface area contributed by atoms with Gasteiger partial charge in [-0.1, -0.05) is 29.8 Å². The maximum Gasteiger partial charge on any atom is 0.311 e. The topological polar surface area (TPSA) is 88.4 Å². The number of nitrogens with one attached hydrogen (secondary N) is 1. The molecule has 0 aliphatic carbocycles. The van der Waals surface area contributed by atoms with Crippen LogP contribution in [0.15, 0.2) is 48.0 Å². The Morgan fingerprint density at radius 3 is 2.47 bits per heavy atom. The van der Waals surface area contributed by atoms with Gasteiger partial charge in [-0.2, -0.15) is 5.26 Å². The summed E-state index contributed by atoms with van der Waals surface area (Å²) in [5, 5.41) is 12.6. The molecule has 0 saturated carbocycles. The predicted octanol–water partition coefficient (Wildman–Crippen LogP) is 4.32. The summed E-state index contributed by atoms with van der Waals surface area (Å²) in [4.78, 5) is 24.3. The summed E-state index contributed by atoms with van der Waals surface area (Å²) >= 11 is 5.86. The number of esters is 1. The lowest BCUT2D eigenvalue weighted by atomic mass is 10.1. The molecule has 1 amide bonds. The molecular formula is C23H23ClN2O4. The van der Waals surface area contributed by atoms with Crippen molar-refractivity contribution in [2.45, 2.75) is 32.7 Å². The van der Waals surface area contributed by atoms with E-state index in [4.69, 9.17) is 21.1 Å². The van der Waals surface area contributed by atoms with Gasteiger partial charge in [0.15, 0.2) is 11.5 Å². The zero-order valence-electron chi connectivity index (χ0n) is 17.1. The van der Waals surface area contributed by atoms with Gasteiger partial charge >= 0.3 is 5.97 Å². The second kappa shape index (κ2) is 11.0. The number of amides is 1. The summed E-state index contributed by atoms with van der Waals surface area (Å²) in [6.07, 6.45) is 2.17. The first-order chi connectivity index (χ1) is 14.3. The van der Waals surface area contributed by atoms with E-state index in [1.165, 1.54) is 13.2 Å². The third-order valence-electron chi connectivity index (χ3n) is 4.04. The summed E-state index contributed by atoms with van der Waals surface area (Å²) in [5.41, 5.74) is 1.52. The van der Waals surface area contributed by atoms with E-state index in [1.807, 2.05) is 32.0 Å². The molecule has 2 aromatic rings. The molecule has 0 spiro atoms. The monoisotopic (exact) mass is 426 g/mol. The molecule has 0 heterocycles. The van der Waals surface area contributed by atoms with Crippen LogP contribution in [0.1, 0.15) is 31.4 Å². The fourth-order valence-corrected chi connectivity index (χ4v) is 2.71. The molecule has 0 fully saturated rings. The highest BCUT2D eigenvalue weighted by atomic mass is 35.5. The lowest BCUT2D eigenvalue weighted by Gasteiger charge is -2.11. The number of carbonyl (C=O) groups excluding carboxylic acids is 2. The SMILES string of the molecule is COc1cc(/C=C(\C#N)C(=O)NC(C)C)ccc1OC(=O)CCc1ccc(Cl)cc1. The van der Waals surface area contributed by atoms with Crippen molar-refractivity contribution in [3.63, 3.8) is 0 Å². The number of benzene rings is 2. The normalized spacial score (nSPS) is 11.0. The van der Waals surface area contributed by atoms with Crippen LogP contribution in [-0.2, 0) is 16.0 Å². The Morgan fingerprint density at radius 2 is 1.87 bits per heavy atom. The zero-order valence-corrected chi connectivity index (χ0v) is 17.8. The molecule has 0 unspecified atom stereocenters. The fourth-order valence-electron chi connectivity index (χ4n) is 2.58. The average molecular weight is 427 g/mol. The van der Waals surface area contributed by atoms with Crippen LogP contribution in [-0.4, -0.2) is 25.0 Å². The smallest absolute Gasteiger partial charge is 0.311 e. The van der Waals surface area contributed by atoms with Crippen molar-refractivity contribution in [1.82, 2.24) is 5.32 Å². The largest absolute Gasteiger partial charge is 0.493 e. The Hall–Kier alpha value is -3.30. The van der Waals surface area contributed by atoms with Gasteiger partial charge in [0, 0.05) is 17.5 Å². The zero-order chi connectivity index (χ0) is 22.1. The van der Waals surface area contributed by atoms with E-state index in [-0.39, 0.29) is 23.8 Å². The standard InChI is InChI=1S/C23H23ClN2O4/c1-15(2)26-23(28)18(14-25)12-17-6-10-20(21(13-17)29-3)30-22(27)11-7-16-4-8-19(24)9-5-16/h4-6,8-10,12-13,15H,7,11H2,1-3H3,(H,26,28)/b18-12+. The molecule has 0 aliphatic heterocycles. The number of nitriles is 1. The summed E-state index contributed by atoms with van der Waals surface area (Å²) < 4.78 is 10.7. The summed E-state index contributed by atoms with van der Waals surface area (Å²) in [5.74, 6) is -0.268. The quantitative estimate of drug-likeness (QED) is 0.294. The molecule has 0 aromatic heterocycles. The fraction of sp³-hybridized carbons (Fsp3) is 0.261. The second-order valence-electron chi connectivity index (χ2n) is 6.81. The molecule has 7 heteroatoms. The van der Waals surface area contributed by atoms with Crippen LogP contribution in [0.3, 0.4) is 0 Å². The Kier molecular flexibility index (Phi) is 8.45.